The van der Waals surface area contributed by atoms with Gasteiger partial charge in [-0.3, -0.25) is 9.59 Å². The van der Waals surface area contributed by atoms with Gasteiger partial charge in [0.25, 0.3) is 5.91 Å². The van der Waals surface area contributed by atoms with Gasteiger partial charge in [0.1, 0.15) is 11.5 Å². The van der Waals surface area contributed by atoms with E-state index in [2.05, 4.69) is 0 Å². The van der Waals surface area contributed by atoms with Crippen molar-refractivity contribution in [2.45, 2.75) is 12.5 Å². The van der Waals surface area contributed by atoms with Crippen molar-refractivity contribution < 1.29 is 19.1 Å². The first-order valence-corrected chi connectivity index (χ1v) is 11.8. The molecule has 7 heteroatoms. The van der Waals surface area contributed by atoms with Crippen molar-refractivity contribution in [2.24, 2.45) is 5.92 Å². The lowest BCUT2D eigenvalue weighted by Crippen LogP contribution is -2.36. The summed E-state index contributed by atoms with van der Waals surface area (Å²) in [4.78, 5) is 30.6. The van der Waals surface area contributed by atoms with E-state index in [1.807, 2.05) is 48.5 Å². The molecule has 182 valence electrons. The molecule has 6 nitrogen and oxygen atoms in total. The topological polar surface area (TPSA) is 59.1 Å². The molecule has 1 heterocycles. The molecule has 35 heavy (non-hydrogen) atoms. The number of methoxy groups -OCH3 is 2. The molecule has 3 aromatic carbocycles. The van der Waals surface area contributed by atoms with Crippen LogP contribution in [0, 0.1) is 5.92 Å². The summed E-state index contributed by atoms with van der Waals surface area (Å²) in [5.74, 6) is 0.514. The Balaban J connectivity index is 1.66. The molecule has 2 atom stereocenters. The van der Waals surface area contributed by atoms with Crippen LogP contribution in [0.1, 0.15) is 27.4 Å². The summed E-state index contributed by atoms with van der Waals surface area (Å²) in [5.41, 5.74) is 2.44. The van der Waals surface area contributed by atoms with Crippen molar-refractivity contribution >= 4 is 23.4 Å². The van der Waals surface area contributed by atoms with Crippen molar-refractivity contribution in [2.75, 3.05) is 34.4 Å². The number of hydrogen-bond donors (Lipinski definition) is 0. The maximum atomic E-state index is 13.7. The van der Waals surface area contributed by atoms with Gasteiger partial charge in [-0.1, -0.05) is 41.9 Å². The van der Waals surface area contributed by atoms with E-state index in [-0.39, 0.29) is 17.7 Å². The van der Waals surface area contributed by atoms with Crippen molar-refractivity contribution in [1.29, 1.82) is 0 Å². The van der Waals surface area contributed by atoms with Crippen molar-refractivity contribution in [3.05, 3.63) is 94.5 Å². The summed E-state index contributed by atoms with van der Waals surface area (Å²) in [7, 11) is 5.01. The zero-order valence-electron chi connectivity index (χ0n) is 20.1. The summed E-state index contributed by atoms with van der Waals surface area (Å²) in [5, 5.41) is 0.567. The Labute approximate surface area is 211 Å². The first-order valence-electron chi connectivity index (χ1n) is 11.5. The van der Waals surface area contributed by atoms with Crippen molar-refractivity contribution in [3.8, 4) is 11.5 Å². The predicted octanol–water partition coefficient (Wildman–Crippen LogP) is 4.87. The lowest BCUT2D eigenvalue weighted by Gasteiger charge is -2.25. The number of carbonyl (C=O) groups excluding carboxylic acids is 2. The maximum absolute atomic E-state index is 13.7. The number of nitrogens with zero attached hydrogens (tertiary/aromatic N) is 2. The fourth-order valence-electron chi connectivity index (χ4n) is 4.66. The molecule has 1 aliphatic rings. The van der Waals surface area contributed by atoms with Gasteiger partial charge in [0.2, 0.25) is 5.91 Å². The third-order valence-electron chi connectivity index (χ3n) is 6.49. The summed E-state index contributed by atoms with van der Waals surface area (Å²) in [6.07, 6.45) is 0. The zero-order chi connectivity index (χ0) is 24.9. The molecule has 0 saturated carbocycles. The van der Waals surface area contributed by atoms with Gasteiger partial charge in [-0.05, 0) is 48.0 Å². The number of benzene rings is 3. The lowest BCUT2D eigenvalue weighted by molar-refractivity contribution is -0.134. The van der Waals surface area contributed by atoms with Crippen LogP contribution in [0.2, 0.25) is 5.02 Å². The largest absolute Gasteiger partial charge is 0.497 e. The molecule has 1 aliphatic heterocycles. The number of amides is 2. The standard InChI is InChI=1S/C28H29ClN2O4/c1-30(16-19-7-5-4-6-8-19)28(33)25-18-31(27(32)20-9-11-21(29)12-10-20)17-24(25)23-15-22(34-2)13-14-26(23)35-3/h4-15,24-25H,16-18H2,1-3H3/t24-,25+/m1/s1. The Morgan fingerprint density at radius 2 is 1.69 bits per heavy atom. The van der Waals surface area contributed by atoms with E-state index in [0.717, 1.165) is 11.1 Å². The smallest absolute Gasteiger partial charge is 0.253 e. The minimum atomic E-state index is -0.430. The SMILES string of the molecule is COc1ccc(OC)c([C@H]2CN(C(=O)c3ccc(Cl)cc3)C[C@@H]2C(=O)N(C)Cc2ccccc2)c1. The summed E-state index contributed by atoms with van der Waals surface area (Å²) >= 11 is 6.01. The lowest BCUT2D eigenvalue weighted by atomic mass is 9.87. The van der Waals surface area contributed by atoms with E-state index >= 15 is 0 Å². The van der Waals surface area contributed by atoms with Gasteiger partial charge in [0.05, 0.1) is 20.1 Å². The maximum Gasteiger partial charge on any atom is 0.253 e. The molecule has 0 aromatic heterocycles. The Kier molecular flexibility index (Phi) is 7.61. The van der Waals surface area contributed by atoms with Crippen LogP contribution in [0.3, 0.4) is 0 Å². The second-order valence-electron chi connectivity index (χ2n) is 8.72. The quantitative estimate of drug-likeness (QED) is 0.472. The number of hydrogen-bond acceptors (Lipinski definition) is 4. The number of halogens is 1. The Bertz CT molecular complexity index is 1180. The summed E-state index contributed by atoms with van der Waals surface area (Å²) < 4.78 is 11.1. The number of ether oxygens (including phenoxy) is 2. The third-order valence-corrected chi connectivity index (χ3v) is 6.74. The molecule has 0 unspecified atom stereocenters. The van der Waals surface area contributed by atoms with Crippen LogP contribution in [-0.2, 0) is 11.3 Å². The van der Waals surface area contributed by atoms with Crippen LogP contribution in [0.15, 0.2) is 72.8 Å². The fraction of sp³-hybridized carbons (Fsp3) is 0.286. The number of carbonyl (C=O) groups is 2. The number of rotatable bonds is 7. The van der Waals surface area contributed by atoms with Gasteiger partial charge in [-0.25, -0.2) is 0 Å². The second kappa shape index (κ2) is 10.8. The molecule has 0 spiro atoms. The van der Waals surface area contributed by atoms with E-state index in [9.17, 15) is 9.59 Å². The molecule has 0 bridgehead atoms. The molecule has 3 aromatic rings. The monoisotopic (exact) mass is 492 g/mol. The first kappa shape index (κ1) is 24.6. The van der Waals surface area contributed by atoms with Crippen LogP contribution >= 0.6 is 11.6 Å². The van der Waals surface area contributed by atoms with Crippen LogP contribution in [0.4, 0.5) is 0 Å². The van der Waals surface area contributed by atoms with E-state index in [0.29, 0.717) is 41.7 Å². The normalized spacial score (nSPS) is 17.2. The van der Waals surface area contributed by atoms with E-state index in [1.54, 1.807) is 55.3 Å². The fourth-order valence-corrected chi connectivity index (χ4v) is 4.78. The molecule has 4 rings (SSSR count). The highest BCUT2D eigenvalue weighted by Crippen LogP contribution is 2.40. The Morgan fingerprint density at radius 1 is 0.971 bits per heavy atom. The molecule has 0 radical (unpaired) electrons. The van der Waals surface area contributed by atoms with E-state index in [1.165, 1.54) is 0 Å². The minimum Gasteiger partial charge on any atom is -0.497 e. The molecular formula is C28H29ClN2O4. The molecule has 0 aliphatic carbocycles. The highest BCUT2D eigenvalue weighted by molar-refractivity contribution is 6.30. The van der Waals surface area contributed by atoms with E-state index < -0.39 is 5.92 Å². The zero-order valence-corrected chi connectivity index (χ0v) is 20.9. The molecular weight excluding hydrogens is 464 g/mol. The van der Waals surface area contributed by atoms with E-state index in [4.69, 9.17) is 21.1 Å². The van der Waals surface area contributed by atoms with Gasteiger partial charge >= 0.3 is 0 Å². The van der Waals surface area contributed by atoms with Crippen LogP contribution in [0.5, 0.6) is 11.5 Å². The first-order chi connectivity index (χ1) is 16.9. The second-order valence-corrected chi connectivity index (χ2v) is 9.15. The average Bonchev–Trinajstić information content (AvgIpc) is 3.33. The van der Waals surface area contributed by atoms with Gasteiger partial charge < -0.3 is 19.3 Å². The minimum absolute atomic E-state index is 0.0184. The molecule has 1 fully saturated rings. The van der Waals surface area contributed by atoms with Crippen LogP contribution < -0.4 is 9.47 Å². The Morgan fingerprint density at radius 3 is 2.34 bits per heavy atom. The Hall–Kier alpha value is -3.51. The van der Waals surface area contributed by atoms with Crippen molar-refractivity contribution in [3.63, 3.8) is 0 Å². The van der Waals surface area contributed by atoms with Gasteiger partial charge in [0.15, 0.2) is 0 Å². The summed E-state index contributed by atoms with van der Waals surface area (Å²) in [6, 6.07) is 22.2. The highest BCUT2D eigenvalue weighted by Gasteiger charge is 2.43. The number of likely N-dealkylation sites (tertiary alicyclic amines) is 1. The van der Waals surface area contributed by atoms with Crippen LogP contribution in [0.25, 0.3) is 0 Å². The average molecular weight is 493 g/mol. The molecule has 1 saturated heterocycles. The van der Waals surface area contributed by atoms with Crippen LogP contribution in [-0.4, -0.2) is 56.0 Å². The van der Waals surface area contributed by atoms with Gasteiger partial charge in [0, 0.05) is 48.7 Å². The van der Waals surface area contributed by atoms with Crippen molar-refractivity contribution in [1.82, 2.24) is 9.80 Å². The summed E-state index contributed by atoms with van der Waals surface area (Å²) in [6.45, 7) is 1.19. The predicted molar refractivity (Wildman–Crippen MR) is 136 cm³/mol. The van der Waals surface area contributed by atoms with Gasteiger partial charge in [-0.15, -0.1) is 0 Å². The molecule has 2 amide bonds. The molecule has 0 N–H and O–H groups in total. The highest BCUT2D eigenvalue weighted by atomic mass is 35.5. The third kappa shape index (κ3) is 5.43. The van der Waals surface area contributed by atoms with Gasteiger partial charge in [-0.2, -0.15) is 0 Å².